The lowest BCUT2D eigenvalue weighted by molar-refractivity contribution is 0.553. The van der Waals surface area contributed by atoms with Gasteiger partial charge in [-0.15, -0.1) is 10.2 Å². The summed E-state index contributed by atoms with van der Waals surface area (Å²) in [7, 11) is -4.23. The van der Waals surface area contributed by atoms with Gasteiger partial charge in [-0.1, -0.05) is 11.3 Å². The van der Waals surface area contributed by atoms with Crippen molar-refractivity contribution in [3.8, 4) is 0 Å². The van der Waals surface area contributed by atoms with E-state index in [1.165, 1.54) is 0 Å². The number of hydrogen-bond donors (Lipinski definition) is 2. The normalized spacial score (nSPS) is 11.5. The van der Waals surface area contributed by atoms with Gasteiger partial charge in [0.1, 0.15) is 21.5 Å². The molecule has 0 saturated carbocycles. The van der Waals surface area contributed by atoms with Crippen LogP contribution in [0.3, 0.4) is 0 Å². The maximum Gasteiger partial charge on any atom is 0.266 e. The number of rotatable bonds is 3. The Morgan fingerprint density at radius 2 is 1.95 bits per heavy atom. The molecule has 0 aliphatic carbocycles. The zero-order valence-electron chi connectivity index (χ0n) is 9.52. The van der Waals surface area contributed by atoms with Gasteiger partial charge in [0, 0.05) is 6.07 Å². The van der Waals surface area contributed by atoms with E-state index in [9.17, 15) is 17.2 Å². The molecule has 0 fully saturated rings. The monoisotopic (exact) mass is 306 g/mol. The third kappa shape index (κ3) is 2.79. The van der Waals surface area contributed by atoms with Crippen LogP contribution in [0.1, 0.15) is 5.01 Å². The Labute approximate surface area is 111 Å². The average molecular weight is 306 g/mol. The number of aromatic nitrogens is 2. The zero-order valence-corrected chi connectivity index (χ0v) is 11.1. The number of nitrogens with two attached hydrogens (primary N) is 1. The van der Waals surface area contributed by atoms with Crippen LogP contribution >= 0.6 is 11.3 Å². The summed E-state index contributed by atoms with van der Waals surface area (Å²) >= 11 is 0.982. The Hall–Kier alpha value is -1.81. The highest BCUT2D eigenvalue weighted by Crippen LogP contribution is 2.24. The predicted molar refractivity (Wildman–Crippen MR) is 66.2 cm³/mol. The van der Waals surface area contributed by atoms with E-state index in [-0.39, 0.29) is 5.13 Å². The third-order valence-corrected chi connectivity index (χ3v) is 4.33. The van der Waals surface area contributed by atoms with E-state index in [0.717, 1.165) is 11.3 Å². The number of benzene rings is 1. The lowest BCUT2D eigenvalue weighted by atomic mass is 10.3. The first-order valence-corrected chi connectivity index (χ1v) is 7.17. The first kappa shape index (κ1) is 13.6. The van der Waals surface area contributed by atoms with Crippen molar-refractivity contribution in [3.05, 3.63) is 28.8 Å². The van der Waals surface area contributed by atoms with E-state index in [1.54, 1.807) is 6.92 Å². The molecule has 0 saturated heterocycles. The van der Waals surface area contributed by atoms with Crippen molar-refractivity contribution in [1.82, 2.24) is 10.2 Å². The standard InChI is InChI=1S/C9H8F2N4O2S2/c1-4-13-14-9(18-4)15-19(16,17)8-3-7(12)5(10)2-6(8)11/h2-3H,12H2,1H3,(H,14,15). The third-order valence-electron chi connectivity index (χ3n) is 2.09. The summed E-state index contributed by atoms with van der Waals surface area (Å²) in [4.78, 5) is -0.751. The number of aryl methyl sites for hydroxylation is 1. The summed E-state index contributed by atoms with van der Waals surface area (Å²) in [6.45, 7) is 1.63. The molecule has 0 unspecified atom stereocenters. The van der Waals surface area contributed by atoms with E-state index in [2.05, 4.69) is 10.2 Å². The van der Waals surface area contributed by atoms with Crippen molar-refractivity contribution in [2.75, 3.05) is 10.5 Å². The second kappa shape index (κ2) is 4.70. The van der Waals surface area contributed by atoms with Gasteiger partial charge in [0.05, 0.1) is 5.69 Å². The fourth-order valence-electron chi connectivity index (χ4n) is 1.26. The molecule has 0 aliphatic rings. The fraction of sp³-hybridized carbons (Fsp3) is 0.111. The molecule has 6 nitrogen and oxygen atoms in total. The number of anilines is 2. The summed E-state index contributed by atoms with van der Waals surface area (Å²) in [6, 6.07) is 1.12. The first-order valence-electron chi connectivity index (χ1n) is 4.87. The molecule has 0 amide bonds. The molecule has 19 heavy (non-hydrogen) atoms. The molecule has 0 spiro atoms. The van der Waals surface area contributed by atoms with Gasteiger partial charge < -0.3 is 5.73 Å². The van der Waals surface area contributed by atoms with Gasteiger partial charge in [0.15, 0.2) is 0 Å². The summed E-state index contributed by atoms with van der Waals surface area (Å²) in [5.41, 5.74) is 4.76. The van der Waals surface area contributed by atoms with Gasteiger partial charge in [-0.3, -0.25) is 4.72 Å². The van der Waals surface area contributed by atoms with Gasteiger partial charge in [0.25, 0.3) is 10.0 Å². The molecule has 1 heterocycles. The second-order valence-corrected chi connectivity index (χ2v) is 6.37. The minimum absolute atomic E-state index is 0.0141. The van der Waals surface area contributed by atoms with Crippen molar-refractivity contribution in [1.29, 1.82) is 0 Å². The van der Waals surface area contributed by atoms with Crippen LogP contribution < -0.4 is 10.5 Å². The van der Waals surface area contributed by atoms with Crippen molar-refractivity contribution in [3.63, 3.8) is 0 Å². The molecular weight excluding hydrogens is 298 g/mol. The fourth-order valence-corrected chi connectivity index (χ4v) is 3.18. The van der Waals surface area contributed by atoms with Gasteiger partial charge in [0.2, 0.25) is 5.13 Å². The minimum atomic E-state index is -4.23. The number of nitrogen functional groups attached to an aromatic ring is 1. The van der Waals surface area contributed by atoms with E-state index >= 15 is 0 Å². The largest absolute Gasteiger partial charge is 0.396 e. The highest BCUT2D eigenvalue weighted by molar-refractivity contribution is 7.93. The molecule has 102 valence electrons. The lowest BCUT2D eigenvalue weighted by Gasteiger charge is -2.07. The first-order chi connectivity index (χ1) is 8.79. The molecule has 10 heteroatoms. The Morgan fingerprint density at radius 3 is 2.53 bits per heavy atom. The van der Waals surface area contributed by atoms with Crippen LogP contribution in [0.4, 0.5) is 19.6 Å². The van der Waals surface area contributed by atoms with Crippen LogP contribution in [0.15, 0.2) is 17.0 Å². The molecule has 0 atom stereocenters. The van der Waals surface area contributed by atoms with Gasteiger partial charge in [-0.2, -0.15) is 0 Å². The van der Waals surface area contributed by atoms with Gasteiger partial charge in [-0.25, -0.2) is 17.2 Å². The molecule has 0 radical (unpaired) electrons. The summed E-state index contributed by atoms with van der Waals surface area (Å²) < 4.78 is 52.3. The molecule has 1 aromatic carbocycles. The maximum atomic E-state index is 13.5. The highest BCUT2D eigenvalue weighted by Gasteiger charge is 2.22. The van der Waals surface area contributed by atoms with Gasteiger partial charge in [-0.05, 0) is 13.0 Å². The number of nitrogens with one attached hydrogen (secondary N) is 1. The smallest absolute Gasteiger partial charge is 0.266 e. The quantitative estimate of drug-likeness (QED) is 0.838. The summed E-state index contributed by atoms with van der Waals surface area (Å²) in [5, 5.41) is 7.68. The molecule has 2 rings (SSSR count). The number of halogens is 2. The van der Waals surface area contributed by atoms with E-state index in [0.29, 0.717) is 17.1 Å². The van der Waals surface area contributed by atoms with Crippen LogP contribution in [0.5, 0.6) is 0 Å². The van der Waals surface area contributed by atoms with Crippen LogP contribution in [0.2, 0.25) is 0 Å². The van der Waals surface area contributed by atoms with Crippen molar-refractivity contribution in [2.24, 2.45) is 0 Å². The van der Waals surface area contributed by atoms with E-state index in [1.807, 2.05) is 4.72 Å². The van der Waals surface area contributed by atoms with Crippen LogP contribution in [0.25, 0.3) is 0 Å². The SMILES string of the molecule is Cc1nnc(NS(=O)(=O)c2cc(N)c(F)cc2F)s1. The van der Waals surface area contributed by atoms with E-state index < -0.39 is 32.2 Å². The van der Waals surface area contributed by atoms with Crippen LogP contribution in [0, 0.1) is 18.6 Å². The van der Waals surface area contributed by atoms with Crippen molar-refractivity contribution < 1.29 is 17.2 Å². The predicted octanol–water partition coefficient (Wildman–Crippen LogP) is 1.51. The minimum Gasteiger partial charge on any atom is -0.396 e. The van der Waals surface area contributed by atoms with Crippen molar-refractivity contribution in [2.45, 2.75) is 11.8 Å². The Kier molecular flexibility index (Phi) is 3.37. The molecule has 1 aromatic heterocycles. The topological polar surface area (TPSA) is 98.0 Å². The molecule has 2 aromatic rings. The average Bonchev–Trinajstić information content (AvgIpc) is 2.68. The number of hydrogen-bond acceptors (Lipinski definition) is 6. The number of sulfonamides is 1. The molecule has 3 N–H and O–H groups in total. The van der Waals surface area contributed by atoms with Gasteiger partial charge >= 0.3 is 0 Å². The molecule has 0 aliphatic heterocycles. The summed E-state index contributed by atoms with van der Waals surface area (Å²) in [6.07, 6.45) is 0. The molecular formula is C9H8F2N4O2S2. The lowest BCUT2D eigenvalue weighted by Crippen LogP contribution is -2.15. The van der Waals surface area contributed by atoms with Crippen LogP contribution in [-0.2, 0) is 10.0 Å². The Morgan fingerprint density at radius 1 is 1.26 bits per heavy atom. The Balaban J connectivity index is 2.42. The Bertz CT molecular complexity index is 730. The zero-order chi connectivity index (χ0) is 14.2. The number of nitrogens with zero attached hydrogens (tertiary/aromatic N) is 2. The molecule has 0 bridgehead atoms. The van der Waals surface area contributed by atoms with Crippen molar-refractivity contribution >= 4 is 32.2 Å². The second-order valence-electron chi connectivity index (χ2n) is 3.54. The maximum absolute atomic E-state index is 13.5. The highest BCUT2D eigenvalue weighted by atomic mass is 32.2. The summed E-state index contributed by atoms with van der Waals surface area (Å²) in [5.74, 6) is -2.26. The van der Waals surface area contributed by atoms with Crippen LogP contribution in [-0.4, -0.2) is 18.6 Å². The van der Waals surface area contributed by atoms with E-state index in [4.69, 9.17) is 5.73 Å².